The molecular weight excluding hydrogens is 412 g/mol. The molecule has 0 amide bonds. The van der Waals surface area contributed by atoms with Crippen molar-refractivity contribution in [3.63, 3.8) is 0 Å². The lowest BCUT2D eigenvalue weighted by molar-refractivity contribution is -0.149. The number of esters is 1. The van der Waals surface area contributed by atoms with Gasteiger partial charge in [0.05, 0.1) is 14.2 Å². The molecular formula is C25H32O7. The van der Waals surface area contributed by atoms with Gasteiger partial charge in [0.15, 0.2) is 6.29 Å². The molecule has 0 aliphatic carbocycles. The Bertz CT molecular complexity index is 876. The van der Waals surface area contributed by atoms with Gasteiger partial charge >= 0.3 is 5.97 Å². The summed E-state index contributed by atoms with van der Waals surface area (Å²) >= 11 is 0. The minimum atomic E-state index is -0.430. The molecule has 2 aromatic rings. The van der Waals surface area contributed by atoms with Crippen molar-refractivity contribution < 1.29 is 33.2 Å². The molecule has 0 fully saturated rings. The van der Waals surface area contributed by atoms with Gasteiger partial charge in [0.25, 0.3) is 0 Å². The Morgan fingerprint density at radius 3 is 2.28 bits per heavy atom. The van der Waals surface area contributed by atoms with Gasteiger partial charge in [0.1, 0.15) is 36.6 Å². The van der Waals surface area contributed by atoms with E-state index in [0.717, 1.165) is 11.1 Å². The molecule has 0 heterocycles. The number of rotatable bonds is 13. The van der Waals surface area contributed by atoms with Crippen LogP contribution in [0.4, 0.5) is 0 Å². The van der Waals surface area contributed by atoms with Crippen LogP contribution in [0.2, 0.25) is 0 Å². The van der Waals surface area contributed by atoms with E-state index in [1.165, 1.54) is 0 Å². The third-order valence-corrected chi connectivity index (χ3v) is 4.57. The first-order valence-electron chi connectivity index (χ1n) is 10.4. The molecule has 0 saturated heterocycles. The van der Waals surface area contributed by atoms with Gasteiger partial charge in [-0.25, -0.2) is 4.79 Å². The van der Waals surface area contributed by atoms with E-state index in [1.807, 2.05) is 56.3 Å². The highest BCUT2D eigenvalue weighted by molar-refractivity contribution is 5.86. The molecule has 0 aromatic heterocycles. The quantitative estimate of drug-likeness (QED) is 0.192. The largest absolute Gasteiger partial charge is 0.497 e. The van der Waals surface area contributed by atoms with Gasteiger partial charge < -0.3 is 28.4 Å². The van der Waals surface area contributed by atoms with Crippen molar-refractivity contribution in [3.05, 3.63) is 65.7 Å². The fraction of sp³-hybridized carbons (Fsp3) is 0.400. The molecule has 0 spiro atoms. The van der Waals surface area contributed by atoms with Crippen molar-refractivity contribution in [2.24, 2.45) is 0 Å². The second kappa shape index (κ2) is 12.7. The van der Waals surface area contributed by atoms with Crippen molar-refractivity contribution in [1.29, 1.82) is 0 Å². The minimum Gasteiger partial charge on any atom is -0.497 e. The van der Waals surface area contributed by atoms with Crippen LogP contribution in [-0.2, 0) is 19.0 Å². The Morgan fingerprint density at radius 2 is 1.69 bits per heavy atom. The topological polar surface area (TPSA) is 72.5 Å². The first-order chi connectivity index (χ1) is 15.4. The number of methoxy groups -OCH3 is 2. The predicted molar refractivity (Wildman–Crippen MR) is 121 cm³/mol. The average molecular weight is 445 g/mol. The summed E-state index contributed by atoms with van der Waals surface area (Å²) in [7, 11) is 3.22. The summed E-state index contributed by atoms with van der Waals surface area (Å²) in [5, 5.41) is 0. The highest BCUT2D eigenvalue weighted by atomic mass is 16.7. The van der Waals surface area contributed by atoms with E-state index in [4.69, 9.17) is 28.4 Å². The smallest absolute Gasteiger partial charge is 0.333 e. The van der Waals surface area contributed by atoms with Crippen LogP contribution in [0.25, 0.3) is 0 Å². The van der Waals surface area contributed by atoms with E-state index in [9.17, 15) is 4.79 Å². The van der Waals surface area contributed by atoms with E-state index in [2.05, 4.69) is 6.58 Å². The molecule has 2 atom stereocenters. The van der Waals surface area contributed by atoms with E-state index < -0.39 is 18.4 Å². The number of hydrogen-bond acceptors (Lipinski definition) is 7. The van der Waals surface area contributed by atoms with Crippen LogP contribution < -0.4 is 14.2 Å². The molecule has 2 rings (SSSR count). The SMILES string of the molecule is C=C(C)C(=O)OCCOc1ccc(C(OC(C)OCC)c2ccc(OC)cc2OC)cc1. The zero-order valence-corrected chi connectivity index (χ0v) is 19.4. The van der Waals surface area contributed by atoms with E-state index in [0.29, 0.717) is 29.4 Å². The third kappa shape index (κ3) is 7.28. The Morgan fingerprint density at radius 1 is 1.00 bits per heavy atom. The van der Waals surface area contributed by atoms with Crippen molar-refractivity contribution in [3.8, 4) is 17.2 Å². The van der Waals surface area contributed by atoms with Crippen LogP contribution >= 0.6 is 0 Å². The highest BCUT2D eigenvalue weighted by Crippen LogP contribution is 2.36. The Hall–Kier alpha value is -3.03. The van der Waals surface area contributed by atoms with Crippen LogP contribution in [0.5, 0.6) is 17.2 Å². The number of benzene rings is 2. The van der Waals surface area contributed by atoms with Gasteiger partial charge in [-0.1, -0.05) is 18.7 Å². The average Bonchev–Trinajstić information content (AvgIpc) is 2.80. The van der Waals surface area contributed by atoms with Crippen molar-refractivity contribution in [2.75, 3.05) is 34.0 Å². The molecule has 32 heavy (non-hydrogen) atoms. The van der Waals surface area contributed by atoms with Crippen molar-refractivity contribution in [1.82, 2.24) is 0 Å². The zero-order valence-electron chi connectivity index (χ0n) is 19.4. The third-order valence-electron chi connectivity index (χ3n) is 4.57. The van der Waals surface area contributed by atoms with Gasteiger partial charge in [0.2, 0.25) is 0 Å². The molecule has 2 unspecified atom stereocenters. The van der Waals surface area contributed by atoms with E-state index >= 15 is 0 Å². The fourth-order valence-corrected chi connectivity index (χ4v) is 2.99. The molecule has 7 nitrogen and oxygen atoms in total. The highest BCUT2D eigenvalue weighted by Gasteiger charge is 2.22. The van der Waals surface area contributed by atoms with E-state index in [-0.39, 0.29) is 13.2 Å². The molecule has 0 aliphatic rings. The molecule has 2 aromatic carbocycles. The van der Waals surface area contributed by atoms with Crippen LogP contribution in [-0.4, -0.2) is 46.3 Å². The summed E-state index contributed by atoms with van der Waals surface area (Å²) in [5.41, 5.74) is 2.11. The molecule has 7 heteroatoms. The lowest BCUT2D eigenvalue weighted by atomic mass is 10.00. The second-order valence-corrected chi connectivity index (χ2v) is 6.98. The van der Waals surface area contributed by atoms with Gasteiger partial charge in [-0.3, -0.25) is 0 Å². The number of carbonyl (C=O) groups excluding carboxylic acids is 1. The Balaban J connectivity index is 2.17. The maximum absolute atomic E-state index is 11.4. The summed E-state index contributed by atoms with van der Waals surface area (Å²) in [6.07, 6.45) is -0.848. The van der Waals surface area contributed by atoms with Crippen molar-refractivity contribution >= 4 is 5.97 Å². The summed E-state index contributed by atoms with van der Waals surface area (Å²) in [4.78, 5) is 11.4. The van der Waals surface area contributed by atoms with Gasteiger partial charge in [-0.15, -0.1) is 0 Å². The van der Waals surface area contributed by atoms with Gasteiger partial charge in [-0.2, -0.15) is 0 Å². The summed E-state index contributed by atoms with van der Waals surface area (Å²) in [5.74, 6) is 1.57. The monoisotopic (exact) mass is 444 g/mol. The lowest BCUT2D eigenvalue weighted by Gasteiger charge is -2.25. The molecule has 0 N–H and O–H groups in total. The molecule has 0 bridgehead atoms. The summed E-state index contributed by atoms with van der Waals surface area (Å²) in [6.45, 7) is 9.85. The standard InChI is InChI=1S/C25H32O7/c1-7-29-18(4)32-24(22-13-12-21(27-5)16-23(22)28-6)19-8-10-20(11-9-19)30-14-15-31-25(26)17(2)3/h8-13,16,18,24H,2,7,14-15H2,1,3-6H3. The number of hydrogen-bond donors (Lipinski definition) is 0. The van der Waals surface area contributed by atoms with Gasteiger partial charge in [-0.05, 0) is 50.6 Å². The number of carbonyl (C=O) groups is 1. The fourth-order valence-electron chi connectivity index (χ4n) is 2.99. The van der Waals surface area contributed by atoms with Crippen LogP contribution in [0.15, 0.2) is 54.6 Å². The summed E-state index contributed by atoms with van der Waals surface area (Å²) in [6, 6.07) is 13.1. The van der Waals surface area contributed by atoms with Gasteiger partial charge in [0, 0.05) is 23.8 Å². The first kappa shape index (κ1) is 25.2. The molecule has 0 radical (unpaired) electrons. The Kier molecular flexibility index (Phi) is 10.0. The molecule has 0 aliphatic heterocycles. The number of ether oxygens (including phenoxy) is 6. The van der Waals surface area contributed by atoms with Crippen LogP contribution in [0, 0.1) is 0 Å². The van der Waals surface area contributed by atoms with E-state index in [1.54, 1.807) is 21.1 Å². The minimum absolute atomic E-state index is 0.147. The molecule has 174 valence electrons. The first-order valence-corrected chi connectivity index (χ1v) is 10.4. The summed E-state index contributed by atoms with van der Waals surface area (Å²) < 4.78 is 33.4. The Labute approximate surface area is 189 Å². The predicted octanol–water partition coefficient (Wildman–Crippen LogP) is 4.69. The van der Waals surface area contributed by atoms with Crippen molar-refractivity contribution in [2.45, 2.75) is 33.2 Å². The zero-order chi connectivity index (χ0) is 23.5. The van der Waals surface area contributed by atoms with Crippen LogP contribution in [0.1, 0.15) is 38.0 Å². The maximum atomic E-state index is 11.4. The maximum Gasteiger partial charge on any atom is 0.333 e. The second-order valence-electron chi connectivity index (χ2n) is 6.98. The lowest BCUT2D eigenvalue weighted by Crippen LogP contribution is -2.18. The molecule has 0 saturated carbocycles. The normalized spacial score (nSPS) is 12.5. The van der Waals surface area contributed by atoms with Crippen LogP contribution in [0.3, 0.4) is 0 Å².